The fourth-order valence-corrected chi connectivity index (χ4v) is 2.35. The Hall–Kier alpha value is -0.0400. The van der Waals surface area contributed by atoms with Gasteiger partial charge >= 0.3 is 0 Å². The Balaban J connectivity index is 2.12. The minimum atomic E-state index is 0.892. The van der Waals surface area contributed by atoms with E-state index in [9.17, 15) is 0 Å². The van der Waals surface area contributed by atoms with Crippen LogP contribution in [0.15, 0.2) is 0 Å². The van der Waals surface area contributed by atoms with Crippen molar-refractivity contribution in [2.24, 2.45) is 17.6 Å². The van der Waals surface area contributed by atoms with E-state index in [4.69, 9.17) is 5.73 Å². The van der Waals surface area contributed by atoms with E-state index in [2.05, 4.69) is 6.92 Å². The van der Waals surface area contributed by atoms with Crippen LogP contribution >= 0.6 is 0 Å². The van der Waals surface area contributed by atoms with Crippen LogP contribution in [0.5, 0.6) is 0 Å². The molecule has 0 spiro atoms. The molecule has 0 aromatic heterocycles. The summed E-state index contributed by atoms with van der Waals surface area (Å²) in [6.45, 7) is 3.18. The van der Waals surface area contributed by atoms with Crippen molar-refractivity contribution in [3.8, 4) is 0 Å². The molecule has 1 fully saturated rings. The minimum absolute atomic E-state index is 0.892. The second-order valence-corrected chi connectivity index (χ2v) is 3.91. The van der Waals surface area contributed by atoms with E-state index in [0.717, 1.165) is 18.4 Å². The average molecular weight is 155 g/mol. The molecule has 1 heteroatoms. The molecule has 0 amide bonds. The van der Waals surface area contributed by atoms with E-state index in [1.165, 1.54) is 38.5 Å². The van der Waals surface area contributed by atoms with Crippen molar-refractivity contribution in [2.75, 3.05) is 6.54 Å². The third kappa shape index (κ3) is 2.82. The molecule has 0 saturated heterocycles. The molecule has 1 aliphatic rings. The van der Waals surface area contributed by atoms with Gasteiger partial charge in [0.2, 0.25) is 0 Å². The quantitative estimate of drug-likeness (QED) is 0.663. The summed E-state index contributed by atoms with van der Waals surface area (Å²) in [7, 11) is 0. The van der Waals surface area contributed by atoms with Gasteiger partial charge in [0, 0.05) is 0 Å². The molecule has 2 N–H and O–H groups in total. The number of hydrogen-bond donors (Lipinski definition) is 1. The van der Waals surface area contributed by atoms with Crippen LogP contribution in [0.1, 0.15) is 45.4 Å². The van der Waals surface area contributed by atoms with E-state index in [1.54, 1.807) is 0 Å². The topological polar surface area (TPSA) is 26.0 Å². The summed E-state index contributed by atoms with van der Waals surface area (Å²) in [6.07, 6.45) is 8.45. The molecule has 1 aliphatic carbocycles. The van der Waals surface area contributed by atoms with Crippen LogP contribution in [-0.2, 0) is 0 Å². The lowest BCUT2D eigenvalue weighted by molar-refractivity contribution is 0.447. The smallest absolute Gasteiger partial charge is 0.00746 e. The van der Waals surface area contributed by atoms with Crippen molar-refractivity contribution in [1.29, 1.82) is 0 Å². The fraction of sp³-hybridized carbons (Fsp3) is 1.00. The Kier molecular flexibility index (Phi) is 3.92. The number of rotatable bonds is 4. The lowest BCUT2D eigenvalue weighted by Gasteiger charge is -2.08. The largest absolute Gasteiger partial charge is 0.330 e. The van der Waals surface area contributed by atoms with Crippen LogP contribution in [0.25, 0.3) is 0 Å². The molecule has 0 aliphatic heterocycles. The third-order valence-electron chi connectivity index (χ3n) is 2.92. The summed E-state index contributed by atoms with van der Waals surface area (Å²) >= 11 is 0. The summed E-state index contributed by atoms with van der Waals surface area (Å²) in [6, 6.07) is 0. The number of hydrogen-bond acceptors (Lipinski definition) is 1. The minimum Gasteiger partial charge on any atom is -0.330 e. The summed E-state index contributed by atoms with van der Waals surface area (Å²) in [5.41, 5.74) is 5.53. The summed E-state index contributed by atoms with van der Waals surface area (Å²) in [4.78, 5) is 0. The Labute approximate surface area is 70.4 Å². The molecule has 1 nitrogen and oxygen atoms in total. The molecule has 1 saturated carbocycles. The van der Waals surface area contributed by atoms with Crippen LogP contribution < -0.4 is 5.73 Å². The maximum atomic E-state index is 5.53. The highest BCUT2D eigenvalue weighted by Crippen LogP contribution is 2.35. The van der Waals surface area contributed by atoms with E-state index in [0.29, 0.717) is 0 Å². The molecule has 0 radical (unpaired) electrons. The van der Waals surface area contributed by atoms with E-state index in [-0.39, 0.29) is 0 Å². The Morgan fingerprint density at radius 3 is 2.36 bits per heavy atom. The molecular weight excluding hydrogens is 134 g/mol. The third-order valence-corrected chi connectivity index (χ3v) is 2.92. The van der Waals surface area contributed by atoms with Crippen LogP contribution in [0.2, 0.25) is 0 Å². The highest BCUT2D eigenvalue weighted by atomic mass is 14.5. The van der Waals surface area contributed by atoms with Crippen molar-refractivity contribution >= 4 is 0 Å². The lowest BCUT2D eigenvalue weighted by atomic mass is 9.99. The van der Waals surface area contributed by atoms with Gasteiger partial charge in [0.15, 0.2) is 0 Å². The first kappa shape index (κ1) is 9.05. The van der Waals surface area contributed by atoms with E-state index < -0.39 is 0 Å². The molecule has 66 valence electrons. The molecule has 1 rings (SSSR count). The van der Waals surface area contributed by atoms with Gasteiger partial charge in [-0.25, -0.2) is 0 Å². The van der Waals surface area contributed by atoms with Gasteiger partial charge in [0.25, 0.3) is 0 Å². The van der Waals surface area contributed by atoms with Crippen LogP contribution in [0.4, 0.5) is 0 Å². The molecule has 2 unspecified atom stereocenters. The summed E-state index contributed by atoms with van der Waals surface area (Å²) < 4.78 is 0. The predicted octanol–water partition coefficient (Wildman–Crippen LogP) is 2.55. The second kappa shape index (κ2) is 4.76. The van der Waals surface area contributed by atoms with Gasteiger partial charge in [-0.1, -0.05) is 32.6 Å². The SMILES string of the molecule is CCCC1CCC(CCN)C1. The van der Waals surface area contributed by atoms with Crippen molar-refractivity contribution in [3.05, 3.63) is 0 Å². The fourth-order valence-electron chi connectivity index (χ4n) is 2.35. The maximum absolute atomic E-state index is 5.53. The molecule has 0 bridgehead atoms. The van der Waals surface area contributed by atoms with E-state index in [1.807, 2.05) is 0 Å². The molecule has 0 aromatic rings. The average Bonchev–Trinajstić information content (AvgIpc) is 2.38. The van der Waals surface area contributed by atoms with Crippen molar-refractivity contribution in [1.82, 2.24) is 0 Å². The maximum Gasteiger partial charge on any atom is -0.00746 e. The van der Waals surface area contributed by atoms with Gasteiger partial charge in [0.1, 0.15) is 0 Å². The normalized spacial score (nSPS) is 31.1. The predicted molar refractivity (Wildman–Crippen MR) is 49.4 cm³/mol. The first-order valence-electron chi connectivity index (χ1n) is 5.06. The summed E-state index contributed by atoms with van der Waals surface area (Å²) in [5, 5.41) is 0. The molecule has 0 heterocycles. The number of nitrogens with two attached hydrogens (primary N) is 1. The van der Waals surface area contributed by atoms with Crippen molar-refractivity contribution < 1.29 is 0 Å². The highest BCUT2D eigenvalue weighted by molar-refractivity contribution is 4.75. The van der Waals surface area contributed by atoms with Crippen LogP contribution in [0, 0.1) is 11.8 Å². The van der Waals surface area contributed by atoms with Crippen molar-refractivity contribution in [3.63, 3.8) is 0 Å². The van der Waals surface area contributed by atoms with Crippen LogP contribution in [0.3, 0.4) is 0 Å². The monoisotopic (exact) mass is 155 g/mol. The Morgan fingerprint density at radius 2 is 1.82 bits per heavy atom. The standard InChI is InChI=1S/C10H21N/c1-2-3-9-4-5-10(8-9)6-7-11/h9-10H,2-8,11H2,1H3. The molecular formula is C10H21N. The van der Waals surface area contributed by atoms with Gasteiger partial charge < -0.3 is 5.73 Å². The molecule has 0 aromatic carbocycles. The highest BCUT2D eigenvalue weighted by Gasteiger charge is 2.22. The van der Waals surface area contributed by atoms with Crippen LogP contribution in [-0.4, -0.2) is 6.54 Å². The Bertz CT molecular complexity index is 89.0. The molecule has 2 atom stereocenters. The summed E-state index contributed by atoms with van der Waals surface area (Å²) in [5.74, 6) is 2.01. The lowest BCUT2D eigenvalue weighted by Crippen LogP contribution is -2.05. The van der Waals surface area contributed by atoms with E-state index >= 15 is 0 Å². The second-order valence-electron chi connectivity index (χ2n) is 3.91. The molecule has 11 heavy (non-hydrogen) atoms. The Morgan fingerprint density at radius 1 is 1.18 bits per heavy atom. The van der Waals surface area contributed by atoms with Gasteiger partial charge in [-0.2, -0.15) is 0 Å². The first-order chi connectivity index (χ1) is 5.36. The van der Waals surface area contributed by atoms with Gasteiger partial charge in [-0.3, -0.25) is 0 Å². The zero-order valence-corrected chi connectivity index (χ0v) is 7.68. The first-order valence-corrected chi connectivity index (χ1v) is 5.06. The van der Waals surface area contributed by atoms with Gasteiger partial charge in [-0.05, 0) is 31.2 Å². The zero-order chi connectivity index (χ0) is 8.10. The van der Waals surface area contributed by atoms with Crippen molar-refractivity contribution in [2.45, 2.75) is 45.4 Å². The van der Waals surface area contributed by atoms with Gasteiger partial charge in [0.05, 0.1) is 0 Å². The zero-order valence-electron chi connectivity index (χ0n) is 7.68. The van der Waals surface area contributed by atoms with Gasteiger partial charge in [-0.15, -0.1) is 0 Å².